The van der Waals surface area contributed by atoms with Gasteiger partial charge in [0.05, 0.1) is 21.3 Å². The summed E-state index contributed by atoms with van der Waals surface area (Å²) in [6.07, 6.45) is 0. The summed E-state index contributed by atoms with van der Waals surface area (Å²) in [7, 11) is 0. The zero-order valence-corrected chi connectivity index (χ0v) is 18.0. The van der Waals surface area contributed by atoms with Crippen molar-refractivity contribution in [2.24, 2.45) is 0 Å². The first-order valence-corrected chi connectivity index (χ1v) is 11.0. The molecule has 1 aromatic heterocycles. The number of hydrogen-bond donors (Lipinski definition) is 2. The summed E-state index contributed by atoms with van der Waals surface area (Å²) in [6, 6.07) is 5.45. The van der Waals surface area contributed by atoms with Crippen LogP contribution < -0.4 is 15.8 Å². The maximum atomic E-state index is 14.4. The third-order valence-electron chi connectivity index (χ3n) is 5.61. The predicted molar refractivity (Wildman–Crippen MR) is 120 cm³/mol. The van der Waals surface area contributed by atoms with E-state index in [1.807, 2.05) is 6.07 Å². The molecular formula is C22H20ClFN4OS. The Balaban J connectivity index is 1.73. The van der Waals surface area contributed by atoms with Crippen molar-refractivity contribution in [1.82, 2.24) is 15.2 Å². The maximum Gasteiger partial charge on any atom is 0.181 e. The van der Waals surface area contributed by atoms with Crippen molar-refractivity contribution < 1.29 is 9.13 Å². The van der Waals surface area contributed by atoms with Crippen molar-refractivity contribution in [2.75, 3.05) is 32.0 Å². The van der Waals surface area contributed by atoms with Crippen LogP contribution in [0.1, 0.15) is 18.1 Å². The van der Waals surface area contributed by atoms with Gasteiger partial charge in [-0.3, -0.25) is 4.90 Å². The van der Waals surface area contributed by atoms with Crippen molar-refractivity contribution in [3.05, 3.63) is 40.2 Å². The van der Waals surface area contributed by atoms with Crippen LogP contribution in [0.5, 0.6) is 5.75 Å². The predicted octanol–water partition coefficient (Wildman–Crippen LogP) is 3.88. The molecule has 1 unspecified atom stereocenters. The normalized spacial score (nSPS) is 18.7. The van der Waals surface area contributed by atoms with Gasteiger partial charge in [0.2, 0.25) is 0 Å². The fourth-order valence-corrected chi connectivity index (χ4v) is 5.37. The van der Waals surface area contributed by atoms with Gasteiger partial charge >= 0.3 is 0 Å². The lowest BCUT2D eigenvalue weighted by Gasteiger charge is -2.33. The summed E-state index contributed by atoms with van der Waals surface area (Å²) in [6.45, 7) is 5.89. The minimum Gasteiger partial charge on any atom is -0.490 e. The number of nitrogens with zero attached hydrogens (tertiary/aromatic N) is 2. The molecule has 3 aromatic rings. The minimum atomic E-state index is -0.349. The molecule has 1 atom stereocenters. The molecule has 0 spiro atoms. The van der Waals surface area contributed by atoms with E-state index >= 15 is 0 Å². The van der Waals surface area contributed by atoms with Crippen LogP contribution in [0.25, 0.3) is 21.3 Å². The molecule has 2 aliphatic rings. The Kier molecular flexibility index (Phi) is 5.03. The number of fused-ring (bicyclic) bond motifs is 3. The Labute approximate surface area is 183 Å². The first kappa shape index (κ1) is 19.6. The number of nitrogen functional groups attached to an aromatic ring is 1. The van der Waals surface area contributed by atoms with E-state index in [9.17, 15) is 4.39 Å². The fourth-order valence-electron chi connectivity index (χ4n) is 4.22. The van der Waals surface area contributed by atoms with Crippen LogP contribution in [0, 0.1) is 17.7 Å². The lowest BCUT2D eigenvalue weighted by molar-refractivity contribution is 0.120. The van der Waals surface area contributed by atoms with Crippen molar-refractivity contribution in [3.8, 4) is 28.7 Å². The van der Waals surface area contributed by atoms with Crippen LogP contribution in [0.15, 0.2) is 18.2 Å². The molecule has 0 amide bonds. The number of anilines is 1. The van der Waals surface area contributed by atoms with E-state index in [0.717, 1.165) is 48.6 Å². The molecule has 2 aromatic carbocycles. The number of piperazine rings is 1. The van der Waals surface area contributed by atoms with Crippen LogP contribution >= 0.6 is 22.9 Å². The maximum absolute atomic E-state index is 14.4. The highest BCUT2D eigenvalue weighted by molar-refractivity contribution is 7.22. The van der Waals surface area contributed by atoms with Gasteiger partial charge in [-0.15, -0.1) is 5.92 Å². The molecule has 0 bridgehead atoms. The number of thiazole rings is 1. The summed E-state index contributed by atoms with van der Waals surface area (Å²) in [5.74, 6) is 6.47. The van der Waals surface area contributed by atoms with E-state index < -0.39 is 0 Å². The standard InChI is InChI=1S/C22H20ClFN4OS/c1-2-3-12-8-13-10-28-7-6-26-9-14(28)11-29-20(13)18(23)17(12)15-4-5-16(24)21-19(15)27-22(25)30-21/h4-5,8,14,26H,6-7,9-11H2,1H3,(H2,25,27). The molecule has 2 aliphatic heterocycles. The van der Waals surface area contributed by atoms with Gasteiger partial charge < -0.3 is 15.8 Å². The molecule has 5 nitrogen and oxygen atoms in total. The largest absolute Gasteiger partial charge is 0.490 e. The number of rotatable bonds is 1. The van der Waals surface area contributed by atoms with Crippen molar-refractivity contribution in [2.45, 2.75) is 19.5 Å². The number of benzene rings is 2. The zero-order valence-electron chi connectivity index (χ0n) is 16.4. The Morgan fingerprint density at radius 2 is 2.30 bits per heavy atom. The molecule has 8 heteroatoms. The summed E-state index contributed by atoms with van der Waals surface area (Å²) >= 11 is 8.07. The number of nitrogens with one attached hydrogen (secondary N) is 1. The average molecular weight is 443 g/mol. The van der Waals surface area contributed by atoms with Gasteiger partial charge in [0.15, 0.2) is 5.13 Å². The minimum absolute atomic E-state index is 0.294. The van der Waals surface area contributed by atoms with E-state index in [2.05, 4.69) is 27.0 Å². The van der Waals surface area contributed by atoms with Crippen LogP contribution in [0.3, 0.4) is 0 Å². The molecule has 5 rings (SSSR count). The molecule has 3 N–H and O–H groups in total. The zero-order chi connectivity index (χ0) is 20.8. The molecule has 1 fully saturated rings. The Morgan fingerprint density at radius 1 is 1.43 bits per heavy atom. The van der Waals surface area contributed by atoms with Crippen LogP contribution in [-0.4, -0.2) is 42.2 Å². The second kappa shape index (κ2) is 7.71. The molecule has 154 valence electrons. The number of aromatic nitrogens is 1. The first-order valence-electron chi connectivity index (χ1n) is 9.77. The van der Waals surface area contributed by atoms with E-state index in [1.165, 1.54) is 6.07 Å². The molecule has 0 aliphatic carbocycles. The number of halogens is 2. The van der Waals surface area contributed by atoms with E-state index in [0.29, 0.717) is 49.9 Å². The highest BCUT2D eigenvalue weighted by atomic mass is 35.5. The number of hydrogen-bond acceptors (Lipinski definition) is 6. The Bertz CT molecular complexity index is 1220. The Morgan fingerprint density at radius 3 is 3.13 bits per heavy atom. The van der Waals surface area contributed by atoms with Gasteiger partial charge in [-0.2, -0.15) is 0 Å². The molecule has 30 heavy (non-hydrogen) atoms. The van der Waals surface area contributed by atoms with Crippen LogP contribution in [0.4, 0.5) is 9.52 Å². The van der Waals surface area contributed by atoms with Gasteiger partial charge in [0.25, 0.3) is 0 Å². The van der Waals surface area contributed by atoms with Crippen molar-refractivity contribution in [3.63, 3.8) is 0 Å². The topological polar surface area (TPSA) is 63.4 Å². The lowest BCUT2D eigenvalue weighted by atomic mass is 9.95. The SMILES string of the molecule is CC#Cc1cc2c(c(Cl)c1-c1ccc(F)c3sc(N)nc13)OCC1CNCCN1C2. The second-order valence-electron chi connectivity index (χ2n) is 7.44. The third kappa shape index (κ3) is 3.21. The molecular weight excluding hydrogens is 423 g/mol. The first-order chi connectivity index (χ1) is 14.6. The van der Waals surface area contributed by atoms with Gasteiger partial charge in [-0.05, 0) is 25.1 Å². The highest BCUT2D eigenvalue weighted by Crippen LogP contribution is 2.45. The number of nitrogens with two attached hydrogens (primary N) is 1. The molecule has 1 saturated heterocycles. The van der Waals surface area contributed by atoms with E-state index in [1.54, 1.807) is 13.0 Å². The fraction of sp³-hybridized carbons (Fsp3) is 0.318. The van der Waals surface area contributed by atoms with Gasteiger partial charge in [0.1, 0.15) is 18.2 Å². The molecule has 3 heterocycles. The third-order valence-corrected chi connectivity index (χ3v) is 6.86. The second-order valence-corrected chi connectivity index (χ2v) is 8.85. The monoisotopic (exact) mass is 442 g/mol. The van der Waals surface area contributed by atoms with Crippen LogP contribution in [0.2, 0.25) is 5.02 Å². The Hall–Kier alpha value is -2.37. The molecule has 0 radical (unpaired) electrons. The van der Waals surface area contributed by atoms with Crippen molar-refractivity contribution >= 4 is 38.3 Å². The quantitative estimate of drug-likeness (QED) is 0.560. The highest BCUT2D eigenvalue weighted by Gasteiger charge is 2.30. The van der Waals surface area contributed by atoms with Gasteiger partial charge in [-0.1, -0.05) is 28.9 Å². The van der Waals surface area contributed by atoms with Crippen molar-refractivity contribution in [1.29, 1.82) is 0 Å². The van der Waals surface area contributed by atoms with E-state index in [4.69, 9.17) is 22.1 Å². The summed E-state index contributed by atoms with van der Waals surface area (Å²) < 4.78 is 21.0. The lowest BCUT2D eigenvalue weighted by Crippen LogP contribution is -2.52. The number of ether oxygens (including phenoxy) is 1. The summed E-state index contributed by atoms with van der Waals surface area (Å²) in [5.41, 5.74) is 9.58. The summed E-state index contributed by atoms with van der Waals surface area (Å²) in [4.78, 5) is 6.79. The average Bonchev–Trinajstić information content (AvgIpc) is 3.02. The summed E-state index contributed by atoms with van der Waals surface area (Å²) in [5, 5.41) is 4.21. The van der Waals surface area contributed by atoms with Crippen LogP contribution in [-0.2, 0) is 6.54 Å². The van der Waals surface area contributed by atoms with E-state index in [-0.39, 0.29) is 5.82 Å². The molecule has 0 saturated carbocycles. The van der Waals surface area contributed by atoms with Gasteiger partial charge in [0, 0.05) is 48.4 Å². The van der Waals surface area contributed by atoms with Gasteiger partial charge in [-0.25, -0.2) is 9.37 Å². The smallest absolute Gasteiger partial charge is 0.181 e.